The van der Waals surface area contributed by atoms with E-state index in [1.807, 2.05) is 0 Å². The molecule has 0 heteroatoms. The van der Waals surface area contributed by atoms with Crippen molar-refractivity contribution in [3.05, 3.63) is 0 Å². The van der Waals surface area contributed by atoms with Crippen LogP contribution < -0.4 is 0 Å². The Balaban J connectivity index is 1.61. The summed E-state index contributed by atoms with van der Waals surface area (Å²) in [5.41, 5.74) is 0. The summed E-state index contributed by atoms with van der Waals surface area (Å²) in [4.78, 5) is 0. The summed E-state index contributed by atoms with van der Waals surface area (Å²) in [6, 6.07) is 0. The Morgan fingerprint density at radius 3 is 1.35 bits per heavy atom. The fourth-order valence-corrected chi connectivity index (χ4v) is 5.70. The average Bonchev–Trinajstić information content (AvgIpc) is 2.55. The number of hydrogen-bond acceptors (Lipinski definition) is 0. The topological polar surface area (TPSA) is 0 Å². The van der Waals surface area contributed by atoms with Crippen molar-refractivity contribution in [2.24, 2.45) is 23.7 Å². The molecule has 3 aliphatic carbocycles. The van der Waals surface area contributed by atoms with Gasteiger partial charge in [-0.3, -0.25) is 0 Å². The Morgan fingerprint density at radius 1 is 0.500 bits per heavy atom. The van der Waals surface area contributed by atoms with Crippen molar-refractivity contribution < 1.29 is 0 Å². The van der Waals surface area contributed by atoms with Crippen molar-refractivity contribution >= 4 is 0 Å². The van der Waals surface area contributed by atoms with Gasteiger partial charge in [0.05, 0.1) is 0 Å². The maximum Gasteiger partial charge on any atom is -0.0355 e. The molecule has 0 aliphatic heterocycles. The highest BCUT2D eigenvalue weighted by Gasteiger charge is 2.33. The molecular formula is C20H36. The molecule has 3 saturated carbocycles. The molecule has 20 heavy (non-hydrogen) atoms. The zero-order chi connectivity index (χ0) is 13.6. The predicted octanol–water partition coefficient (Wildman–Crippen LogP) is 6.73. The summed E-state index contributed by atoms with van der Waals surface area (Å²) >= 11 is 0. The van der Waals surface area contributed by atoms with Gasteiger partial charge in [0, 0.05) is 0 Å². The second-order valence-corrected chi connectivity index (χ2v) is 8.20. The summed E-state index contributed by atoms with van der Waals surface area (Å²) in [5.74, 6) is 4.47. The highest BCUT2D eigenvalue weighted by atomic mass is 14.4. The summed E-state index contributed by atoms with van der Waals surface area (Å²) in [6.45, 7) is 0. The molecule has 0 aromatic heterocycles. The van der Waals surface area contributed by atoms with E-state index in [4.69, 9.17) is 0 Å². The Bertz CT molecular complexity index is 233. The van der Waals surface area contributed by atoms with E-state index in [0.717, 1.165) is 23.7 Å². The van der Waals surface area contributed by atoms with Crippen molar-refractivity contribution in [3.63, 3.8) is 0 Å². The van der Waals surface area contributed by atoms with Gasteiger partial charge in [0.15, 0.2) is 0 Å². The van der Waals surface area contributed by atoms with E-state index in [1.165, 1.54) is 32.1 Å². The second kappa shape index (κ2) is 7.85. The smallest absolute Gasteiger partial charge is 0.0355 e. The maximum absolute atomic E-state index is 1.62. The molecule has 0 radical (unpaired) electrons. The Morgan fingerprint density at radius 2 is 0.900 bits per heavy atom. The van der Waals surface area contributed by atoms with Gasteiger partial charge in [0.25, 0.3) is 0 Å². The highest BCUT2D eigenvalue weighted by molar-refractivity contribution is 4.84. The lowest BCUT2D eigenvalue weighted by atomic mass is 9.65. The van der Waals surface area contributed by atoms with Crippen LogP contribution in [-0.2, 0) is 0 Å². The van der Waals surface area contributed by atoms with Crippen LogP contribution in [0.1, 0.15) is 103 Å². The SMILES string of the molecule is C1CCC(CC(C2CCCCC2)C2CCCCC2)CC1. The zero-order valence-electron chi connectivity index (χ0n) is 13.6. The van der Waals surface area contributed by atoms with Gasteiger partial charge < -0.3 is 0 Å². The van der Waals surface area contributed by atoms with Crippen LogP contribution in [-0.4, -0.2) is 0 Å². The van der Waals surface area contributed by atoms with E-state index in [1.54, 1.807) is 70.6 Å². The molecule has 0 aromatic carbocycles. The van der Waals surface area contributed by atoms with E-state index in [9.17, 15) is 0 Å². The Kier molecular flexibility index (Phi) is 5.86. The van der Waals surface area contributed by atoms with Crippen molar-refractivity contribution in [2.75, 3.05) is 0 Å². The lowest BCUT2D eigenvalue weighted by Gasteiger charge is -2.40. The van der Waals surface area contributed by atoms with Crippen LogP contribution in [0.15, 0.2) is 0 Å². The van der Waals surface area contributed by atoms with Gasteiger partial charge in [0.2, 0.25) is 0 Å². The number of hydrogen-bond donors (Lipinski definition) is 0. The lowest BCUT2D eigenvalue weighted by molar-refractivity contribution is 0.108. The lowest BCUT2D eigenvalue weighted by Crippen LogP contribution is -2.29. The van der Waals surface area contributed by atoms with E-state index in [-0.39, 0.29) is 0 Å². The molecule has 0 spiro atoms. The fraction of sp³-hybridized carbons (Fsp3) is 1.00. The summed E-state index contributed by atoms with van der Waals surface area (Å²) < 4.78 is 0. The molecule has 116 valence electrons. The van der Waals surface area contributed by atoms with Gasteiger partial charge in [-0.05, 0) is 30.1 Å². The normalized spacial score (nSPS) is 28.1. The molecule has 3 aliphatic rings. The third kappa shape index (κ3) is 4.01. The first-order valence-corrected chi connectivity index (χ1v) is 9.93. The predicted molar refractivity (Wildman–Crippen MR) is 87.8 cm³/mol. The van der Waals surface area contributed by atoms with Gasteiger partial charge in [-0.2, -0.15) is 0 Å². The molecular weight excluding hydrogens is 240 g/mol. The fourth-order valence-electron chi connectivity index (χ4n) is 5.70. The zero-order valence-corrected chi connectivity index (χ0v) is 13.6. The first-order valence-electron chi connectivity index (χ1n) is 9.93. The second-order valence-electron chi connectivity index (χ2n) is 8.20. The third-order valence-electron chi connectivity index (χ3n) is 6.84. The van der Waals surface area contributed by atoms with E-state index in [2.05, 4.69) is 0 Å². The van der Waals surface area contributed by atoms with Crippen molar-refractivity contribution in [1.82, 2.24) is 0 Å². The minimum absolute atomic E-state index is 1.11. The first kappa shape index (κ1) is 14.9. The quantitative estimate of drug-likeness (QED) is 0.533. The van der Waals surface area contributed by atoms with Crippen LogP contribution >= 0.6 is 0 Å². The molecule has 0 amide bonds. The average molecular weight is 277 g/mol. The molecule has 0 saturated heterocycles. The molecule has 0 nitrogen and oxygen atoms in total. The molecule has 0 bridgehead atoms. The van der Waals surface area contributed by atoms with Crippen LogP contribution in [0.25, 0.3) is 0 Å². The van der Waals surface area contributed by atoms with E-state index in [0.29, 0.717) is 0 Å². The molecule has 0 N–H and O–H groups in total. The van der Waals surface area contributed by atoms with Gasteiger partial charge in [-0.15, -0.1) is 0 Å². The Hall–Kier alpha value is 0. The third-order valence-corrected chi connectivity index (χ3v) is 6.84. The first-order chi connectivity index (χ1) is 9.93. The number of rotatable bonds is 4. The van der Waals surface area contributed by atoms with Gasteiger partial charge in [-0.1, -0.05) is 96.3 Å². The summed E-state index contributed by atoms with van der Waals surface area (Å²) in [5, 5.41) is 0. The van der Waals surface area contributed by atoms with Crippen molar-refractivity contribution in [1.29, 1.82) is 0 Å². The maximum atomic E-state index is 1.62. The molecule has 0 aromatic rings. The van der Waals surface area contributed by atoms with E-state index < -0.39 is 0 Å². The van der Waals surface area contributed by atoms with Gasteiger partial charge in [-0.25, -0.2) is 0 Å². The van der Waals surface area contributed by atoms with Crippen LogP contribution in [0, 0.1) is 23.7 Å². The van der Waals surface area contributed by atoms with Gasteiger partial charge >= 0.3 is 0 Å². The standard InChI is InChI=1S/C20H36/c1-4-10-17(11-5-1)16-20(18-12-6-2-7-13-18)19-14-8-3-9-15-19/h17-20H,1-16H2. The summed E-state index contributed by atoms with van der Waals surface area (Å²) in [6.07, 6.45) is 24.9. The minimum atomic E-state index is 1.11. The minimum Gasteiger partial charge on any atom is -0.0533 e. The van der Waals surface area contributed by atoms with Gasteiger partial charge in [0.1, 0.15) is 0 Å². The van der Waals surface area contributed by atoms with Crippen molar-refractivity contribution in [3.8, 4) is 0 Å². The monoisotopic (exact) mass is 276 g/mol. The molecule has 0 heterocycles. The van der Waals surface area contributed by atoms with Crippen LogP contribution in [0.3, 0.4) is 0 Å². The highest BCUT2D eigenvalue weighted by Crippen LogP contribution is 2.44. The molecule has 3 rings (SSSR count). The van der Waals surface area contributed by atoms with Crippen LogP contribution in [0.2, 0.25) is 0 Å². The molecule has 0 unspecified atom stereocenters. The van der Waals surface area contributed by atoms with Crippen LogP contribution in [0.5, 0.6) is 0 Å². The summed E-state index contributed by atoms with van der Waals surface area (Å²) in [7, 11) is 0. The van der Waals surface area contributed by atoms with Crippen LogP contribution in [0.4, 0.5) is 0 Å². The molecule has 0 atom stereocenters. The largest absolute Gasteiger partial charge is 0.0533 e. The Labute approximate surface area is 127 Å². The molecule has 3 fully saturated rings. The van der Waals surface area contributed by atoms with E-state index >= 15 is 0 Å². The van der Waals surface area contributed by atoms with Crippen molar-refractivity contribution in [2.45, 2.75) is 103 Å².